The molecule has 1 spiro atoms. The molecule has 2 fully saturated rings. The van der Waals surface area contributed by atoms with E-state index in [1.807, 2.05) is 27.6 Å². The first-order valence-electron chi connectivity index (χ1n) is 9.24. The Bertz CT molecular complexity index is 812. The zero-order valence-corrected chi connectivity index (χ0v) is 15.7. The van der Waals surface area contributed by atoms with E-state index in [9.17, 15) is 4.79 Å². The molecule has 0 aromatic carbocycles. The fraction of sp³-hybridized carbons (Fsp3) is 0.632. The van der Waals surface area contributed by atoms with E-state index in [-0.39, 0.29) is 16.9 Å². The lowest BCUT2D eigenvalue weighted by Gasteiger charge is -2.44. The minimum Gasteiger partial charge on any atom is -0.378 e. The van der Waals surface area contributed by atoms with Crippen LogP contribution in [0.15, 0.2) is 18.3 Å². The number of ether oxygens (including phenoxy) is 2. The highest BCUT2D eigenvalue weighted by molar-refractivity contribution is 5.94. The first-order valence-corrected chi connectivity index (χ1v) is 9.24. The molecule has 2 saturated heterocycles. The first kappa shape index (κ1) is 17.4. The lowest BCUT2D eigenvalue weighted by molar-refractivity contribution is -0.160. The molecule has 1 unspecified atom stereocenters. The van der Waals surface area contributed by atoms with Gasteiger partial charge in [0.2, 0.25) is 0 Å². The number of nitrogens with zero attached hydrogens (tertiary/aromatic N) is 4. The van der Waals surface area contributed by atoms with Crippen LogP contribution in [0.3, 0.4) is 0 Å². The lowest BCUT2D eigenvalue weighted by atomic mass is 9.94. The number of carbonyl (C=O) groups excluding carboxylic acids is 1. The van der Waals surface area contributed by atoms with E-state index in [0.29, 0.717) is 31.9 Å². The summed E-state index contributed by atoms with van der Waals surface area (Å²) in [6.45, 7) is 9.35. The zero-order valence-electron chi connectivity index (χ0n) is 15.7. The highest BCUT2D eigenvalue weighted by Gasteiger charge is 2.40. The van der Waals surface area contributed by atoms with Crippen LogP contribution in [0.25, 0.3) is 5.65 Å². The van der Waals surface area contributed by atoms with Crippen LogP contribution >= 0.6 is 0 Å². The first-order chi connectivity index (χ1) is 12.4. The van der Waals surface area contributed by atoms with E-state index >= 15 is 0 Å². The molecule has 2 aromatic rings. The predicted molar refractivity (Wildman–Crippen MR) is 96.3 cm³/mol. The van der Waals surface area contributed by atoms with Crippen molar-refractivity contribution < 1.29 is 14.3 Å². The average molecular weight is 358 g/mol. The molecule has 0 saturated carbocycles. The molecule has 26 heavy (non-hydrogen) atoms. The number of aromatic nitrogens is 3. The van der Waals surface area contributed by atoms with E-state index < -0.39 is 0 Å². The standard InChI is InChI=1S/C19H26N4O3/c1-18(2,3)17-21-20-15-6-5-14(11-23(15)17)16(24)22-8-10-26-19(12-22)7-4-9-25-13-19/h5-6,11H,4,7-10,12-13H2,1-3H3. The van der Waals surface area contributed by atoms with Crippen molar-refractivity contribution in [3.8, 4) is 0 Å². The van der Waals surface area contributed by atoms with E-state index in [1.54, 1.807) is 0 Å². The summed E-state index contributed by atoms with van der Waals surface area (Å²) in [5, 5.41) is 8.52. The molecule has 0 bridgehead atoms. The van der Waals surface area contributed by atoms with Crippen molar-refractivity contribution >= 4 is 11.6 Å². The number of hydrogen-bond donors (Lipinski definition) is 0. The van der Waals surface area contributed by atoms with Crippen molar-refractivity contribution in [2.24, 2.45) is 0 Å². The van der Waals surface area contributed by atoms with Gasteiger partial charge in [0.15, 0.2) is 5.65 Å². The van der Waals surface area contributed by atoms with E-state index in [0.717, 1.165) is 30.9 Å². The van der Waals surface area contributed by atoms with Gasteiger partial charge in [-0.3, -0.25) is 9.20 Å². The Hall–Kier alpha value is -1.99. The topological polar surface area (TPSA) is 69.0 Å². The van der Waals surface area contributed by atoms with Crippen LogP contribution in [0.5, 0.6) is 0 Å². The van der Waals surface area contributed by atoms with Crippen LogP contribution in [0.4, 0.5) is 0 Å². The predicted octanol–water partition coefficient (Wildman–Crippen LogP) is 2.05. The number of fused-ring (bicyclic) bond motifs is 1. The summed E-state index contributed by atoms with van der Waals surface area (Å²) >= 11 is 0. The third kappa shape index (κ3) is 3.10. The number of hydrogen-bond acceptors (Lipinski definition) is 5. The Morgan fingerprint density at radius 2 is 2.08 bits per heavy atom. The van der Waals surface area contributed by atoms with Gasteiger partial charge in [-0.15, -0.1) is 10.2 Å². The van der Waals surface area contributed by atoms with Gasteiger partial charge in [0.1, 0.15) is 11.4 Å². The van der Waals surface area contributed by atoms with Gasteiger partial charge in [0.25, 0.3) is 5.91 Å². The quantitative estimate of drug-likeness (QED) is 0.780. The van der Waals surface area contributed by atoms with Crippen molar-refractivity contribution in [1.82, 2.24) is 19.5 Å². The molecule has 7 nitrogen and oxygen atoms in total. The Labute approximate surface area is 153 Å². The summed E-state index contributed by atoms with van der Waals surface area (Å²) in [5.41, 5.74) is 0.912. The number of pyridine rings is 1. The molecule has 1 amide bonds. The van der Waals surface area contributed by atoms with Crippen LogP contribution in [-0.2, 0) is 14.9 Å². The maximum absolute atomic E-state index is 13.1. The van der Waals surface area contributed by atoms with Gasteiger partial charge in [-0.25, -0.2) is 0 Å². The molecular formula is C19H26N4O3. The molecule has 0 aliphatic carbocycles. The Balaban J connectivity index is 1.61. The van der Waals surface area contributed by atoms with Gasteiger partial charge >= 0.3 is 0 Å². The largest absolute Gasteiger partial charge is 0.378 e. The fourth-order valence-electron chi connectivity index (χ4n) is 3.79. The number of rotatable bonds is 1. The number of morpholine rings is 1. The summed E-state index contributed by atoms with van der Waals surface area (Å²) in [4.78, 5) is 15.0. The highest BCUT2D eigenvalue weighted by atomic mass is 16.5. The van der Waals surface area contributed by atoms with Gasteiger partial charge in [0, 0.05) is 24.8 Å². The number of amides is 1. The lowest BCUT2D eigenvalue weighted by Crippen LogP contribution is -2.57. The second kappa shape index (κ2) is 6.32. The Morgan fingerprint density at radius 3 is 2.81 bits per heavy atom. The third-order valence-electron chi connectivity index (χ3n) is 5.14. The minimum absolute atomic E-state index is 0.0220. The van der Waals surface area contributed by atoms with Crippen molar-refractivity contribution in [1.29, 1.82) is 0 Å². The summed E-state index contributed by atoms with van der Waals surface area (Å²) in [5.74, 6) is 0.870. The smallest absolute Gasteiger partial charge is 0.255 e. The van der Waals surface area contributed by atoms with Gasteiger partial charge in [-0.1, -0.05) is 20.8 Å². The summed E-state index contributed by atoms with van der Waals surface area (Å²) in [6, 6.07) is 3.69. The molecule has 0 N–H and O–H groups in total. The maximum atomic E-state index is 13.1. The average Bonchev–Trinajstić information content (AvgIpc) is 3.05. The molecule has 2 aliphatic heterocycles. The van der Waals surface area contributed by atoms with Gasteiger partial charge in [-0.05, 0) is 25.0 Å². The second-order valence-electron chi connectivity index (χ2n) is 8.33. The zero-order chi connectivity index (χ0) is 18.4. The van der Waals surface area contributed by atoms with Crippen LogP contribution in [0.1, 0.15) is 49.8 Å². The Morgan fingerprint density at radius 1 is 1.23 bits per heavy atom. The van der Waals surface area contributed by atoms with Gasteiger partial charge < -0.3 is 14.4 Å². The molecule has 2 aliphatic rings. The van der Waals surface area contributed by atoms with Crippen LogP contribution in [-0.4, -0.2) is 63.9 Å². The molecule has 1 atom stereocenters. The van der Waals surface area contributed by atoms with Crippen molar-refractivity contribution in [3.05, 3.63) is 29.7 Å². The second-order valence-corrected chi connectivity index (χ2v) is 8.33. The summed E-state index contributed by atoms with van der Waals surface area (Å²) in [7, 11) is 0. The molecular weight excluding hydrogens is 332 g/mol. The SMILES string of the molecule is CC(C)(C)c1nnc2ccc(C(=O)N3CCOC4(CCCOC4)C3)cn12. The molecule has 4 heterocycles. The highest BCUT2D eigenvalue weighted by Crippen LogP contribution is 2.28. The monoisotopic (exact) mass is 358 g/mol. The van der Waals surface area contributed by atoms with E-state index in [1.165, 1.54) is 0 Å². The molecule has 2 aromatic heterocycles. The van der Waals surface area contributed by atoms with Gasteiger partial charge in [0.05, 0.1) is 25.3 Å². The maximum Gasteiger partial charge on any atom is 0.255 e. The molecule has 7 heteroatoms. The van der Waals surface area contributed by atoms with Crippen LogP contribution < -0.4 is 0 Å². The van der Waals surface area contributed by atoms with E-state index in [2.05, 4.69) is 31.0 Å². The van der Waals surface area contributed by atoms with Crippen LogP contribution in [0.2, 0.25) is 0 Å². The number of carbonyl (C=O) groups is 1. The van der Waals surface area contributed by atoms with E-state index in [4.69, 9.17) is 9.47 Å². The van der Waals surface area contributed by atoms with Crippen LogP contribution in [0, 0.1) is 0 Å². The molecule has 4 rings (SSSR count). The summed E-state index contributed by atoms with van der Waals surface area (Å²) < 4.78 is 13.5. The summed E-state index contributed by atoms with van der Waals surface area (Å²) in [6.07, 6.45) is 3.77. The third-order valence-corrected chi connectivity index (χ3v) is 5.14. The minimum atomic E-state index is -0.344. The van der Waals surface area contributed by atoms with Gasteiger partial charge in [-0.2, -0.15) is 0 Å². The van der Waals surface area contributed by atoms with Crippen molar-refractivity contribution in [2.45, 2.75) is 44.6 Å². The van der Waals surface area contributed by atoms with Crippen molar-refractivity contribution in [3.63, 3.8) is 0 Å². The molecule has 140 valence electrons. The van der Waals surface area contributed by atoms with Crippen molar-refractivity contribution in [2.75, 3.05) is 32.9 Å². The normalized spacial score (nSPS) is 24.3. The Kier molecular flexibility index (Phi) is 4.23. The molecule has 0 radical (unpaired) electrons. The fourth-order valence-corrected chi connectivity index (χ4v) is 3.79.